The molecule has 0 bridgehead atoms. The number of nitrogens with one attached hydrogen (secondary N) is 3. The number of esters is 2. The zero-order chi connectivity index (χ0) is 58.2. The highest BCUT2D eigenvalue weighted by molar-refractivity contribution is 6.01. The van der Waals surface area contributed by atoms with Gasteiger partial charge >= 0.3 is 30.1 Å². The quantitative estimate of drug-likeness (QED) is 0.0229. The molecule has 1 atom stereocenters. The highest BCUT2D eigenvalue weighted by atomic mass is 16.7. The Morgan fingerprint density at radius 2 is 0.831 bits per heavy atom. The number of carbonyl (C=O) groups is 10. The van der Waals surface area contributed by atoms with E-state index in [-0.39, 0.29) is 95.5 Å². The van der Waals surface area contributed by atoms with Gasteiger partial charge in [-0.1, -0.05) is 57.8 Å². The lowest BCUT2D eigenvalue weighted by Crippen LogP contribution is -2.44. The fourth-order valence-corrected chi connectivity index (χ4v) is 7.74. The fraction of sp³-hybridized carbons (Fsp3) is 0.821. The topological polar surface area (TPSA) is 263 Å². The van der Waals surface area contributed by atoms with Crippen molar-refractivity contribution in [2.75, 3.05) is 39.3 Å². The monoisotopic (exact) mass is 1090 g/mol. The summed E-state index contributed by atoms with van der Waals surface area (Å²) < 4.78 is 22.2. The van der Waals surface area contributed by atoms with Gasteiger partial charge in [0.05, 0.1) is 6.42 Å². The minimum atomic E-state index is -1.00. The van der Waals surface area contributed by atoms with Crippen molar-refractivity contribution >= 4 is 59.6 Å². The van der Waals surface area contributed by atoms with Gasteiger partial charge in [0.1, 0.15) is 28.4 Å². The van der Waals surface area contributed by atoms with Gasteiger partial charge in [-0.25, -0.2) is 19.2 Å². The Kier molecular flexibility index (Phi) is 32.3. The first kappa shape index (κ1) is 69.5. The molecule has 1 aliphatic rings. The molecule has 0 aromatic rings. The van der Waals surface area contributed by atoms with Gasteiger partial charge in [-0.2, -0.15) is 0 Å². The van der Waals surface area contributed by atoms with Crippen LogP contribution in [0.3, 0.4) is 0 Å². The largest absolute Gasteiger partial charge is 0.460 e. The number of ether oxygens (including phenoxy) is 4. The summed E-state index contributed by atoms with van der Waals surface area (Å²) in [5.41, 5.74) is -2.77. The van der Waals surface area contributed by atoms with Crippen LogP contribution in [0.1, 0.15) is 231 Å². The average molecular weight is 1100 g/mol. The molecule has 7 amide bonds. The van der Waals surface area contributed by atoms with Crippen LogP contribution in [-0.2, 0) is 62.1 Å². The zero-order valence-electron chi connectivity index (χ0n) is 49.0. The molecule has 1 fully saturated rings. The van der Waals surface area contributed by atoms with Crippen LogP contribution in [0.25, 0.3) is 0 Å². The Bertz CT molecular complexity index is 1870. The molecule has 1 saturated heterocycles. The van der Waals surface area contributed by atoms with Crippen molar-refractivity contribution in [3.05, 3.63) is 0 Å². The van der Waals surface area contributed by atoms with Crippen molar-refractivity contribution in [3.8, 4) is 0 Å². The molecule has 21 heteroatoms. The molecule has 3 N–H and O–H groups in total. The van der Waals surface area contributed by atoms with Gasteiger partial charge in [-0.3, -0.25) is 28.8 Å². The lowest BCUT2D eigenvalue weighted by atomic mass is 10.0. The van der Waals surface area contributed by atoms with Crippen LogP contribution < -0.4 is 16.0 Å². The van der Waals surface area contributed by atoms with Crippen LogP contribution in [0, 0.1) is 0 Å². The second kappa shape index (κ2) is 35.8. The number of carbonyl (C=O) groups excluding carboxylic acids is 10. The summed E-state index contributed by atoms with van der Waals surface area (Å²) in [6.45, 7) is 22.9. The van der Waals surface area contributed by atoms with E-state index in [1.54, 1.807) is 67.2 Å². The summed E-state index contributed by atoms with van der Waals surface area (Å²) in [5, 5.41) is 8.77. The molecular formula is C56H98N6O15. The van der Waals surface area contributed by atoms with Crippen LogP contribution in [-0.4, -0.2) is 142 Å². The number of amides is 7. The number of unbranched alkanes of at least 4 members (excludes halogenated alkanes) is 11. The predicted molar refractivity (Wildman–Crippen MR) is 289 cm³/mol. The number of imide groups is 1. The molecule has 77 heavy (non-hydrogen) atoms. The first-order valence-corrected chi connectivity index (χ1v) is 28.1. The minimum absolute atomic E-state index is 0.0383. The van der Waals surface area contributed by atoms with Crippen LogP contribution in [0.15, 0.2) is 0 Å². The van der Waals surface area contributed by atoms with E-state index in [0.29, 0.717) is 50.1 Å². The summed E-state index contributed by atoms with van der Waals surface area (Å²) >= 11 is 0. The van der Waals surface area contributed by atoms with Crippen molar-refractivity contribution in [1.29, 1.82) is 0 Å². The molecule has 1 aliphatic heterocycles. The molecule has 0 spiro atoms. The fourth-order valence-electron chi connectivity index (χ4n) is 7.74. The number of hydrogen-bond acceptors (Lipinski definition) is 15. The highest BCUT2D eigenvalue weighted by Crippen LogP contribution is 2.18. The Labute approximate surface area is 459 Å². The third-order valence-corrected chi connectivity index (χ3v) is 11.4. The van der Waals surface area contributed by atoms with Crippen molar-refractivity contribution in [2.24, 2.45) is 0 Å². The van der Waals surface area contributed by atoms with E-state index in [0.717, 1.165) is 64.2 Å². The molecule has 21 nitrogen and oxygen atoms in total. The molecule has 0 saturated carbocycles. The summed E-state index contributed by atoms with van der Waals surface area (Å²) in [4.78, 5) is 133. The van der Waals surface area contributed by atoms with Crippen LogP contribution in [0.5, 0.6) is 0 Å². The van der Waals surface area contributed by atoms with E-state index in [1.165, 1.54) is 4.90 Å². The highest BCUT2D eigenvalue weighted by Gasteiger charge is 2.33. The van der Waals surface area contributed by atoms with Crippen molar-refractivity contribution < 1.29 is 71.7 Å². The standard InChI is InChI=1S/C56H98N6O15/c1-53(2,3)73-48(68)29-23-21-19-17-15-13-14-16-18-20-22-28-45(65)59-42(50(70)74-54(4,5)6)30-31-43(63)57-36-26-40-60(51(71)75-55(7,8)9)38-24-25-39-61(52(72)76-56(10,11)12)41-27-37-58-44(64)32-35-49(69)77-62-46(66)33-34-47(62)67/h42H,13-41H2,1-12H3,(H,57,63)(H,58,64)(H,59,65)/t42-/m0/s1. The maximum atomic E-state index is 13.3. The predicted octanol–water partition coefficient (Wildman–Crippen LogP) is 8.66. The number of nitrogens with zero attached hydrogens (tertiary/aromatic N) is 3. The second-order valence-electron chi connectivity index (χ2n) is 23.8. The minimum Gasteiger partial charge on any atom is -0.460 e. The normalized spacial score (nSPS) is 13.3. The van der Waals surface area contributed by atoms with Crippen LogP contribution in [0.4, 0.5) is 9.59 Å². The smallest absolute Gasteiger partial charge is 0.410 e. The zero-order valence-corrected chi connectivity index (χ0v) is 49.0. The molecule has 442 valence electrons. The van der Waals surface area contributed by atoms with E-state index in [9.17, 15) is 47.9 Å². The molecule has 1 heterocycles. The van der Waals surface area contributed by atoms with Crippen molar-refractivity contribution in [3.63, 3.8) is 0 Å². The van der Waals surface area contributed by atoms with E-state index in [4.69, 9.17) is 23.8 Å². The van der Waals surface area contributed by atoms with E-state index in [2.05, 4.69) is 16.0 Å². The molecule has 0 aromatic heterocycles. The lowest BCUT2D eigenvalue weighted by molar-refractivity contribution is -0.197. The summed E-state index contributed by atoms with van der Waals surface area (Å²) in [6, 6.07) is -1.00. The summed E-state index contributed by atoms with van der Waals surface area (Å²) in [5.74, 6) is -3.90. The molecule has 0 aromatic carbocycles. The molecular weight excluding hydrogens is 997 g/mol. The lowest BCUT2D eigenvalue weighted by Gasteiger charge is -2.29. The maximum absolute atomic E-state index is 13.3. The van der Waals surface area contributed by atoms with Gasteiger partial charge < -0.3 is 49.5 Å². The summed E-state index contributed by atoms with van der Waals surface area (Å²) in [6.07, 6.45) is 12.0. The van der Waals surface area contributed by atoms with Gasteiger partial charge in [0, 0.05) is 77.8 Å². The maximum Gasteiger partial charge on any atom is 0.410 e. The number of rotatable bonds is 36. The van der Waals surface area contributed by atoms with Gasteiger partial charge in [0.25, 0.3) is 11.8 Å². The average Bonchev–Trinajstić information content (AvgIpc) is 3.60. The summed E-state index contributed by atoms with van der Waals surface area (Å²) in [7, 11) is 0. The Morgan fingerprint density at radius 1 is 0.442 bits per heavy atom. The van der Waals surface area contributed by atoms with E-state index in [1.807, 2.05) is 20.8 Å². The number of hydroxylamine groups is 2. The van der Waals surface area contributed by atoms with Gasteiger partial charge in [0.2, 0.25) is 17.7 Å². The second-order valence-corrected chi connectivity index (χ2v) is 23.8. The van der Waals surface area contributed by atoms with Gasteiger partial charge in [-0.15, -0.1) is 5.06 Å². The van der Waals surface area contributed by atoms with Crippen LogP contribution in [0.2, 0.25) is 0 Å². The molecule has 0 unspecified atom stereocenters. The molecule has 0 aliphatic carbocycles. The third kappa shape index (κ3) is 37.0. The van der Waals surface area contributed by atoms with Crippen molar-refractivity contribution in [1.82, 2.24) is 30.8 Å². The number of hydrogen-bond donors (Lipinski definition) is 3. The first-order chi connectivity index (χ1) is 35.8. The van der Waals surface area contributed by atoms with Crippen molar-refractivity contribution in [2.45, 2.75) is 259 Å². The Morgan fingerprint density at radius 3 is 1.26 bits per heavy atom. The third-order valence-electron chi connectivity index (χ3n) is 11.4. The van der Waals surface area contributed by atoms with Gasteiger partial charge in [-0.05, 0) is 128 Å². The molecule has 0 radical (unpaired) electrons. The molecule has 1 rings (SSSR count). The van der Waals surface area contributed by atoms with E-state index < -0.39 is 70.3 Å². The first-order valence-electron chi connectivity index (χ1n) is 28.1. The Hall–Kier alpha value is -5.50. The Balaban J connectivity index is 2.59. The van der Waals surface area contributed by atoms with Gasteiger partial charge in [0.15, 0.2) is 0 Å². The SMILES string of the molecule is CC(C)(C)OC(=O)CCCCCCCCCCCCCC(=O)N[C@@H](CCC(=O)NCCCN(CCCCN(CCCNC(=O)CCC(=O)ON1C(=O)CCC1=O)C(=O)OC(C)(C)C)C(=O)OC(C)(C)C)C(=O)OC(C)(C)C. The van der Waals surface area contributed by atoms with E-state index >= 15 is 0 Å². The van der Waals surface area contributed by atoms with Crippen LogP contribution >= 0.6 is 0 Å².